The molecule has 0 spiro atoms. The molecule has 0 fully saturated rings. The molecule has 1 rings (SSSR count). The van der Waals surface area contributed by atoms with Gasteiger partial charge < -0.3 is 10.8 Å². The lowest BCUT2D eigenvalue weighted by Gasteiger charge is -2.18. The minimum Gasteiger partial charge on any atom is -0.391 e. The van der Waals surface area contributed by atoms with Gasteiger partial charge in [0.05, 0.1) is 12.1 Å². The lowest BCUT2D eigenvalue weighted by atomic mass is 9.98. The van der Waals surface area contributed by atoms with E-state index in [0.29, 0.717) is 12.0 Å². The Balaban J connectivity index is 2.99. The molecule has 3 N–H and O–H groups in total. The molecule has 0 aromatic heterocycles. The van der Waals surface area contributed by atoms with E-state index in [1.165, 1.54) is 6.07 Å². The van der Waals surface area contributed by atoms with Crippen molar-refractivity contribution in [3.63, 3.8) is 0 Å². The second-order valence-corrected chi connectivity index (χ2v) is 3.53. The highest BCUT2D eigenvalue weighted by Gasteiger charge is 2.18. The van der Waals surface area contributed by atoms with Crippen molar-refractivity contribution in [2.75, 3.05) is 0 Å². The number of aliphatic hydroxyl groups is 1. The minimum atomic E-state index is -0.689. The molecule has 0 amide bonds. The molecule has 2 nitrogen and oxygen atoms in total. The normalized spacial score (nSPS) is 15.2. The summed E-state index contributed by atoms with van der Waals surface area (Å²) in [7, 11) is 0. The third kappa shape index (κ3) is 2.30. The summed E-state index contributed by atoms with van der Waals surface area (Å²) in [6.45, 7) is 3.69. The molecule has 0 aliphatic heterocycles. The Hall–Kier alpha value is -0.930. The molecule has 0 bridgehead atoms. The molecule has 0 heterocycles. The van der Waals surface area contributed by atoms with Gasteiger partial charge in [-0.2, -0.15) is 0 Å². The van der Waals surface area contributed by atoms with Crippen LogP contribution >= 0.6 is 0 Å². The first-order valence-electron chi connectivity index (χ1n) is 4.76. The number of nitrogens with two attached hydrogens (primary N) is 1. The molecule has 78 valence electrons. The SMILES string of the molecule is CC[C@@H](O)[C@@H](N)c1cc(C)ccc1F. The summed E-state index contributed by atoms with van der Waals surface area (Å²) >= 11 is 0. The summed E-state index contributed by atoms with van der Waals surface area (Å²) in [4.78, 5) is 0. The van der Waals surface area contributed by atoms with E-state index in [0.717, 1.165) is 5.56 Å². The van der Waals surface area contributed by atoms with Crippen molar-refractivity contribution in [3.8, 4) is 0 Å². The molecular weight excluding hydrogens is 181 g/mol. The zero-order valence-electron chi connectivity index (χ0n) is 8.50. The fraction of sp³-hybridized carbons (Fsp3) is 0.455. The van der Waals surface area contributed by atoms with Crippen LogP contribution in [0.1, 0.15) is 30.5 Å². The summed E-state index contributed by atoms with van der Waals surface area (Å²) < 4.78 is 13.3. The van der Waals surface area contributed by atoms with Crippen LogP contribution in [0.2, 0.25) is 0 Å². The molecule has 14 heavy (non-hydrogen) atoms. The predicted octanol–water partition coefficient (Wildman–Crippen LogP) is 1.90. The number of halogens is 1. The summed E-state index contributed by atoms with van der Waals surface area (Å²) in [6.07, 6.45) is -0.166. The fourth-order valence-electron chi connectivity index (χ4n) is 1.38. The summed E-state index contributed by atoms with van der Waals surface area (Å²) in [5.74, 6) is -0.351. The lowest BCUT2D eigenvalue weighted by Crippen LogP contribution is -2.26. The van der Waals surface area contributed by atoms with Gasteiger partial charge in [0.1, 0.15) is 5.82 Å². The van der Waals surface area contributed by atoms with Crippen molar-refractivity contribution in [1.29, 1.82) is 0 Å². The molecule has 0 radical (unpaired) electrons. The zero-order valence-corrected chi connectivity index (χ0v) is 8.50. The summed E-state index contributed by atoms with van der Waals surface area (Å²) in [6, 6.07) is 4.11. The van der Waals surface area contributed by atoms with E-state index < -0.39 is 12.1 Å². The van der Waals surface area contributed by atoms with Crippen LogP contribution in [-0.4, -0.2) is 11.2 Å². The summed E-state index contributed by atoms with van der Waals surface area (Å²) in [5, 5.41) is 9.50. The van der Waals surface area contributed by atoms with Gasteiger partial charge in [-0.15, -0.1) is 0 Å². The van der Waals surface area contributed by atoms with Crippen molar-refractivity contribution < 1.29 is 9.50 Å². The first kappa shape index (κ1) is 11.1. The van der Waals surface area contributed by atoms with Crippen LogP contribution in [0.3, 0.4) is 0 Å². The van der Waals surface area contributed by atoms with E-state index in [4.69, 9.17) is 5.73 Å². The van der Waals surface area contributed by atoms with E-state index in [9.17, 15) is 9.50 Å². The predicted molar refractivity (Wildman–Crippen MR) is 54.4 cm³/mol. The average Bonchev–Trinajstić information content (AvgIpc) is 2.19. The maximum absolute atomic E-state index is 13.3. The average molecular weight is 197 g/mol. The monoisotopic (exact) mass is 197 g/mol. The molecule has 0 aliphatic carbocycles. The Morgan fingerprint density at radius 1 is 1.50 bits per heavy atom. The van der Waals surface area contributed by atoms with Gasteiger partial charge >= 0.3 is 0 Å². The first-order chi connectivity index (χ1) is 6.56. The Bertz CT molecular complexity index is 314. The molecule has 2 atom stereocenters. The van der Waals surface area contributed by atoms with Gasteiger partial charge in [0.25, 0.3) is 0 Å². The van der Waals surface area contributed by atoms with Crippen molar-refractivity contribution in [2.24, 2.45) is 5.73 Å². The van der Waals surface area contributed by atoms with E-state index in [1.807, 2.05) is 13.8 Å². The van der Waals surface area contributed by atoms with Gasteiger partial charge in [0, 0.05) is 5.56 Å². The molecule has 1 aromatic carbocycles. The highest BCUT2D eigenvalue weighted by atomic mass is 19.1. The Morgan fingerprint density at radius 2 is 2.14 bits per heavy atom. The number of aryl methyl sites for hydroxylation is 1. The van der Waals surface area contributed by atoms with Crippen LogP contribution in [0.5, 0.6) is 0 Å². The standard InChI is InChI=1S/C11H16FNO/c1-3-10(14)11(13)8-6-7(2)4-5-9(8)12/h4-6,10-11,14H,3,13H2,1-2H3/t10-,11+/m1/s1. The number of aliphatic hydroxyl groups excluding tert-OH is 1. The van der Waals surface area contributed by atoms with E-state index in [2.05, 4.69) is 0 Å². The van der Waals surface area contributed by atoms with Gasteiger partial charge in [-0.1, -0.05) is 24.6 Å². The van der Waals surface area contributed by atoms with Crippen LogP contribution in [0.25, 0.3) is 0 Å². The molecule has 3 heteroatoms. The van der Waals surface area contributed by atoms with Gasteiger partial charge in [-0.05, 0) is 19.4 Å². The fourth-order valence-corrected chi connectivity index (χ4v) is 1.38. The van der Waals surface area contributed by atoms with Crippen molar-refractivity contribution in [2.45, 2.75) is 32.4 Å². The second-order valence-electron chi connectivity index (χ2n) is 3.53. The maximum atomic E-state index is 13.3. The van der Waals surface area contributed by atoms with Gasteiger partial charge in [-0.3, -0.25) is 0 Å². The van der Waals surface area contributed by atoms with E-state index in [-0.39, 0.29) is 5.82 Å². The molecular formula is C11H16FNO. The lowest BCUT2D eigenvalue weighted by molar-refractivity contribution is 0.139. The molecule has 0 unspecified atom stereocenters. The molecule has 0 saturated heterocycles. The van der Waals surface area contributed by atoms with Crippen LogP contribution in [0, 0.1) is 12.7 Å². The number of benzene rings is 1. The van der Waals surface area contributed by atoms with Crippen LogP contribution in [-0.2, 0) is 0 Å². The maximum Gasteiger partial charge on any atom is 0.128 e. The van der Waals surface area contributed by atoms with Crippen LogP contribution in [0.15, 0.2) is 18.2 Å². The third-order valence-electron chi connectivity index (χ3n) is 2.34. The quantitative estimate of drug-likeness (QED) is 0.777. The van der Waals surface area contributed by atoms with Crippen molar-refractivity contribution >= 4 is 0 Å². The molecule has 0 saturated carbocycles. The summed E-state index contributed by atoms with van der Waals surface area (Å²) in [5.41, 5.74) is 7.06. The first-order valence-corrected chi connectivity index (χ1v) is 4.76. The third-order valence-corrected chi connectivity index (χ3v) is 2.34. The van der Waals surface area contributed by atoms with Crippen LogP contribution in [0.4, 0.5) is 4.39 Å². The Morgan fingerprint density at radius 3 is 2.71 bits per heavy atom. The molecule has 0 aliphatic rings. The number of rotatable bonds is 3. The highest BCUT2D eigenvalue weighted by Crippen LogP contribution is 2.20. The highest BCUT2D eigenvalue weighted by molar-refractivity contribution is 5.27. The van der Waals surface area contributed by atoms with Crippen molar-refractivity contribution in [1.82, 2.24) is 0 Å². The van der Waals surface area contributed by atoms with E-state index >= 15 is 0 Å². The smallest absolute Gasteiger partial charge is 0.128 e. The zero-order chi connectivity index (χ0) is 10.7. The molecule has 1 aromatic rings. The Kier molecular flexibility index (Phi) is 3.61. The minimum absolute atomic E-state index is 0.351. The topological polar surface area (TPSA) is 46.2 Å². The number of hydrogen-bond donors (Lipinski definition) is 2. The second kappa shape index (κ2) is 4.53. The number of hydrogen-bond acceptors (Lipinski definition) is 2. The van der Waals surface area contributed by atoms with Gasteiger partial charge in [0.15, 0.2) is 0 Å². The van der Waals surface area contributed by atoms with E-state index in [1.54, 1.807) is 12.1 Å². The van der Waals surface area contributed by atoms with Gasteiger partial charge in [-0.25, -0.2) is 4.39 Å². The van der Waals surface area contributed by atoms with Crippen LogP contribution < -0.4 is 5.73 Å². The van der Waals surface area contributed by atoms with Crippen molar-refractivity contribution in [3.05, 3.63) is 35.1 Å². The van der Waals surface area contributed by atoms with Gasteiger partial charge in [0.2, 0.25) is 0 Å². The Labute approximate surface area is 83.6 Å². The largest absolute Gasteiger partial charge is 0.391 e.